The highest BCUT2D eigenvalue weighted by molar-refractivity contribution is 7.16. The van der Waals surface area contributed by atoms with Crippen LogP contribution in [0.15, 0.2) is 53.5 Å². The number of aromatic nitrogens is 1. The van der Waals surface area contributed by atoms with Crippen molar-refractivity contribution in [1.29, 1.82) is 0 Å². The summed E-state index contributed by atoms with van der Waals surface area (Å²) in [4.78, 5) is 40.3. The summed E-state index contributed by atoms with van der Waals surface area (Å²) in [7, 11) is 2.60. The molecule has 1 aromatic heterocycles. The number of esters is 2. The first-order valence-corrected chi connectivity index (χ1v) is 8.77. The molecule has 27 heavy (non-hydrogen) atoms. The fourth-order valence-electron chi connectivity index (χ4n) is 2.47. The van der Waals surface area contributed by atoms with Gasteiger partial charge in [0.15, 0.2) is 4.80 Å². The molecule has 138 valence electrons. The van der Waals surface area contributed by atoms with Crippen molar-refractivity contribution >= 4 is 39.4 Å². The van der Waals surface area contributed by atoms with Crippen molar-refractivity contribution in [2.75, 3.05) is 14.2 Å². The van der Waals surface area contributed by atoms with Crippen LogP contribution in [0.5, 0.6) is 0 Å². The van der Waals surface area contributed by atoms with Gasteiger partial charge in [0.05, 0.1) is 30.0 Å². The quantitative estimate of drug-likeness (QED) is 0.645. The lowest BCUT2D eigenvalue weighted by molar-refractivity contribution is -0.141. The van der Waals surface area contributed by atoms with Crippen LogP contribution in [-0.2, 0) is 20.8 Å². The zero-order valence-corrected chi connectivity index (χ0v) is 15.5. The summed E-state index contributed by atoms with van der Waals surface area (Å²) in [5.41, 5.74) is 1.46. The van der Waals surface area contributed by atoms with E-state index in [1.54, 1.807) is 4.57 Å². The molecule has 1 heterocycles. The Kier molecular flexibility index (Phi) is 5.46. The molecule has 3 rings (SSSR count). The number of thiazole rings is 1. The molecule has 8 heteroatoms. The van der Waals surface area contributed by atoms with Gasteiger partial charge in [-0.05, 0) is 36.4 Å². The van der Waals surface area contributed by atoms with Crippen molar-refractivity contribution in [3.8, 4) is 0 Å². The van der Waals surface area contributed by atoms with Crippen molar-refractivity contribution in [1.82, 2.24) is 4.57 Å². The van der Waals surface area contributed by atoms with Gasteiger partial charge < -0.3 is 14.0 Å². The van der Waals surface area contributed by atoms with Crippen molar-refractivity contribution < 1.29 is 23.9 Å². The third-order valence-electron chi connectivity index (χ3n) is 3.85. The van der Waals surface area contributed by atoms with Crippen LogP contribution in [0.2, 0.25) is 0 Å². The fraction of sp³-hybridized carbons (Fsp3) is 0.158. The van der Waals surface area contributed by atoms with Crippen LogP contribution >= 0.6 is 11.3 Å². The van der Waals surface area contributed by atoms with E-state index in [0.29, 0.717) is 15.9 Å². The van der Waals surface area contributed by atoms with Crippen LogP contribution in [0.3, 0.4) is 0 Å². The summed E-state index contributed by atoms with van der Waals surface area (Å²) in [6.45, 7) is -0.0477. The summed E-state index contributed by atoms with van der Waals surface area (Å²) in [5, 5.41) is 0. The second-order valence-electron chi connectivity index (χ2n) is 5.50. The van der Waals surface area contributed by atoms with E-state index in [9.17, 15) is 14.4 Å². The number of hydrogen-bond donors (Lipinski definition) is 0. The second kappa shape index (κ2) is 7.96. The molecular formula is C19H16N2O5S. The van der Waals surface area contributed by atoms with Crippen molar-refractivity contribution in [3.05, 3.63) is 64.5 Å². The summed E-state index contributed by atoms with van der Waals surface area (Å²) >= 11 is 1.30. The monoisotopic (exact) mass is 384 g/mol. The molecule has 0 unspecified atom stereocenters. The van der Waals surface area contributed by atoms with Crippen LogP contribution in [0.1, 0.15) is 20.7 Å². The Hall–Kier alpha value is -3.26. The molecular weight excluding hydrogens is 368 g/mol. The Morgan fingerprint density at radius 1 is 0.963 bits per heavy atom. The van der Waals surface area contributed by atoms with Gasteiger partial charge >= 0.3 is 11.9 Å². The Balaban J connectivity index is 2.01. The largest absolute Gasteiger partial charge is 0.468 e. The Labute approximate surface area is 158 Å². The number of nitrogens with zero attached hydrogens (tertiary/aromatic N) is 2. The van der Waals surface area contributed by atoms with Crippen molar-refractivity contribution in [3.63, 3.8) is 0 Å². The van der Waals surface area contributed by atoms with Gasteiger partial charge in [-0.25, -0.2) is 4.79 Å². The van der Waals surface area contributed by atoms with Crippen molar-refractivity contribution in [2.45, 2.75) is 6.54 Å². The van der Waals surface area contributed by atoms with E-state index in [1.165, 1.54) is 49.8 Å². The van der Waals surface area contributed by atoms with Gasteiger partial charge in [0.1, 0.15) is 6.54 Å². The van der Waals surface area contributed by atoms with Gasteiger partial charge in [-0.3, -0.25) is 9.59 Å². The zero-order chi connectivity index (χ0) is 19.4. The molecule has 0 aliphatic heterocycles. The van der Waals surface area contributed by atoms with Crippen LogP contribution in [-0.4, -0.2) is 36.6 Å². The number of amides is 1. The van der Waals surface area contributed by atoms with Crippen LogP contribution in [0, 0.1) is 0 Å². The number of fused-ring (bicyclic) bond motifs is 1. The molecule has 7 nitrogen and oxygen atoms in total. The maximum atomic E-state index is 12.5. The van der Waals surface area contributed by atoms with E-state index >= 15 is 0 Å². The predicted octanol–water partition coefficient (Wildman–Crippen LogP) is 2.40. The third kappa shape index (κ3) is 3.95. The predicted molar refractivity (Wildman–Crippen MR) is 99.5 cm³/mol. The smallest absolute Gasteiger partial charge is 0.337 e. The van der Waals surface area contributed by atoms with Gasteiger partial charge in [-0.1, -0.05) is 23.5 Å². The summed E-state index contributed by atoms with van der Waals surface area (Å²) in [5.74, 6) is -1.39. The molecule has 0 bridgehead atoms. The van der Waals surface area contributed by atoms with Gasteiger partial charge in [-0.2, -0.15) is 4.99 Å². The minimum absolute atomic E-state index is 0.0477. The molecule has 0 aliphatic carbocycles. The Bertz CT molecular complexity index is 1080. The van der Waals surface area contributed by atoms with Gasteiger partial charge in [0.2, 0.25) is 0 Å². The number of carbonyl (C=O) groups is 3. The maximum Gasteiger partial charge on any atom is 0.337 e. The number of ether oxygens (including phenoxy) is 2. The van der Waals surface area contributed by atoms with Crippen LogP contribution < -0.4 is 4.80 Å². The lowest BCUT2D eigenvalue weighted by Crippen LogP contribution is -2.22. The first-order valence-electron chi connectivity index (χ1n) is 7.96. The summed E-state index contributed by atoms with van der Waals surface area (Å²) < 4.78 is 11.9. The van der Waals surface area contributed by atoms with E-state index in [4.69, 9.17) is 4.74 Å². The molecule has 0 aliphatic rings. The molecule has 0 saturated heterocycles. The number of carbonyl (C=O) groups excluding carboxylic acids is 3. The standard InChI is InChI=1S/C19H16N2O5S/c1-25-16(22)11-21-14-5-3-4-6-15(14)27-19(21)20-17(23)12-7-9-13(10-8-12)18(24)26-2/h3-10H,11H2,1-2H3. The SMILES string of the molecule is COC(=O)Cn1c(=NC(=O)c2ccc(C(=O)OC)cc2)sc2ccccc21. The molecule has 3 aromatic rings. The molecule has 0 fully saturated rings. The average Bonchev–Trinajstić information content (AvgIpc) is 3.04. The molecule has 1 amide bonds. The topological polar surface area (TPSA) is 87.0 Å². The third-order valence-corrected chi connectivity index (χ3v) is 4.91. The Morgan fingerprint density at radius 2 is 1.63 bits per heavy atom. The van der Waals surface area contributed by atoms with Gasteiger partial charge in [0, 0.05) is 5.56 Å². The number of methoxy groups -OCH3 is 2. The first kappa shape index (κ1) is 18.5. The molecule has 0 N–H and O–H groups in total. The number of hydrogen-bond acceptors (Lipinski definition) is 6. The minimum atomic E-state index is -0.480. The summed E-state index contributed by atoms with van der Waals surface area (Å²) in [6.07, 6.45) is 0. The second-order valence-corrected chi connectivity index (χ2v) is 6.51. The molecule has 0 spiro atoms. The zero-order valence-electron chi connectivity index (χ0n) is 14.7. The Morgan fingerprint density at radius 3 is 2.30 bits per heavy atom. The molecule has 0 radical (unpaired) electrons. The van der Waals surface area contributed by atoms with Crippen molar-refractivity contribution in [2.24, 2.45) is 4.99 Å². The number of para-hydroxylation sites is 1. The first-order chi connectivity index (χ1) is 13.0. The summed E-state index contributed by atoms with van der Waals surface area (Å²) in [6, 6.07) is 13.5. The highest BCUT2D eigenvalue weighted by atomic mass is 32.1. The molecule has 2 aromatic carbocycles. The minimum Gasteiger partial charge on any atom is -0.468 e. The maximum absolute atomic E-state index is 12.5. The van der Waals surface area contributed by atoms with Gasteiger partial charge in [0.25, 0.3) is 5.91 Å². The highest BCUT2D eigenvalue weighted by Crippen LogP contribution is 2.17. The van der Waals surface area contributed by atoms with Crippen LogP contribution in [0.25, 0.3) is 10.2 Å². The van der Waals surface area contributed by atoms with E-state index in [2.05, 4.69) is 9.73 Å². The lowest BCUT2D eigenvalue weighted by Gasteiger charge is -2.03. The van der Waals surface area contributed by atoms with E-state index in [-0.39, 0.29) is 6.54 Å². The van der Waals surface area contributed by atoms with E-state index < -0.39 is 17.8 Å². The highest BCUT2D eigenvalue weighted by Gasteiger charge is 2.13. The normalized spacial score (nSPS) is 11.4. The average molecular weight is 384 g/mol. The number of rotatable bonds is 4. The van der Waals surface area contributed by atoms with Crippen LogP contribution in [0.4, 0.5) is 0 Å². The fourth-order valence-corrected chi connectivity index (χ4v) is 3.50. The number of benzene rings is 2. The van der Waals surface area contributed by atoms with E-state index in [0.717, 1.165) is 10.2 Å². The molecule has 0 atom stereocenters. The van der Waals surface area contributed by atoms with E-state index in [1.807, 2.05) is 24.3 Å². The van der Waals surface area contributed by atoms with Gasteiger partial charge in [-0.15, -0.1) is 0 Å². The molecule has 0 saturated carbocycles. The lowest BCUT2D eigenvalue weighted by atomic mass is 10.1.